The van der Waals surface area contributed by atoms with E-state index in [0.717, 1.165) is 59.8 Å². The summed E-state index contributed by atoms with van der Waals surface area (Å²) in [6, 6.07) is 14.6. The zero-order valence-electron chi connectivity index (χ0n) is 15.5. The van der Waals surface area contributed by atoms with Crippen molar-refractivity contribution in [3.8, 4) is 5.75 Å². The number of aromatic amines is 1. The molecule has 1 aliphatic rings. The van der Waals surface area contributed by atoms with Crippen molar-refractivity contribution in [1.29, 1.82) is 0 Å². The maximum absolute atomic E-state index is 5.42. The highest BCUT2D eigenvalue weighted by Crippen LogP contribution is 2.26. The lowest BCUT2D eigenvalue weighted by molar-refractivity contribution is 0.272. The molecule has 140 valence electrons. The van der Waals surface area contributed by atoms with Crippen LogP contribution < -0.4 is 15.4 Å². The SMILES string of the molecule is C=C(Nc1ccccc1OC)N1CCCC(Nc2ccc3[nH]ncc3c2)C1. The fourth-order valence-electron chi connectivity index (χ4n) is 3.59. The van der Waals surface area contributed by atoms with E-state index in [4.69, 9.17) is 4.74 Å². The Morgan fingerprint density at radius 3 is 3.07 bits per heavy atom. The number of H-pyrrole nitrogens is 1. The second kappa shape index (κ2) is 7.61. The molecule has 2 aromatic carbocycles. The molecule has 3 aromatic rings. The fourth-order valence-corrected chi connectivity index (χ4v) is 3.59. The van der Waals surface area contributed by atoms with Crippen molar-refractivity contribution in [2.45, 2.75) is 18.9 Å². The number of piperidine rings is 1. The first-order valence-electron chi connectivity index (χ1n) is 9.26. The highest BCUT2D eigenvalue weighted by Gasteiger charge is 2.21. The Balaban J connectivity index is 1.40. The maximum Gasteiger partial charge on any atom is 0.142 e. The molecule has 0 spiro atoms. The quantitative estimate of drug-likeness (QED) is 0.617. The van der Waals surface area contributed by atoms with Gasteiger partial charge in [0.2, 0.25) is 0 Å². The molecular weight excluding hydrogens is 338 g/mol. The van der Waals surface area contributed by atoms with Crippen molar-refractivity contribution in [2.24, 2.45) is 0 Å². The molecule has 1 fully saturated rings. The van der Waals surface area contributed by atoms with E-state index >= 15 is 0 Å². The third kappa shape index (κ3) is 3.84. The first kappa shape index (κ1) is 17.3. The van der Waals surface area contributed by atoms with Crippen LogP contribution in [0.1, 0.15) is 12.8 Å². The van der Waals surface area contributed by atoms with Crippen LogP contribution in [-0.2, 0) is 0 Å². The largest absolute Gasteiger partial charge is 0.495 e. The molecule has 1 unspecified atom stereocenters. The molecule has 6 heteroatoms. The Kier molecular flexibility index (Phi) is 4.87. The number of methoxy groups -OCH3 is 1. The van der Waals surface area contributed by atoms with Crippen LogP contribution in [0.2, 0.25) is 0 Å². The van der Waals surface area contributed by atoms with Gasteiger partial charge in [-0.1, -0.05) is 18.7 Å². The van der Waals surface area contributed by atoms with Crippen LogP contribution in [0.5, 0.6) is 5.75 Å². The number of likely N-dealkylation sites (tertiary alicyclic amines) is 1. The lowest BCUT2D eigenvalue weighted by Crippen LogP contribution is -2.42. The van der Waals surface area contributed by atoms with E-state index in [0.29, 0.717) is 6.04 Å². The summed E-state index contributed by atoms with van der Waals surface area (Å²) in [7, 11) is 1.68. The molecule has 1 atom stereocenters. The van der Waals surface area contributed by atoms with Crippen molar-refractivity contribution in [3.63, 3.8) is 0 Å². The normalized spacial score (nSPS) is 16.9. The molecule has 4 rings (SSSR count). The monoisotopic (exact) mass is 363 g/mol. The van der Waals surface area contributed by atoms with E-state index in [-0.39, 0.29) is 0 Å². The summed E-state index contributed by atoms with van der Waals surface area (Å²) in [5, 5.41) is 15.3. The standard InChI is InChI=1S/C21H25N5O/c1-15(23-20-7-3-4-8-21(20)27-2)26-11-5-6-18(14-26)24-17-9-10-19-16(12-17)13-22-25-19/h3-4,7-10,12-13,18,23-24H,1,5-6,11,14H2,2H3,(H,22,25). The summed E-state index contributed by atoms with van der Waals surface area (Å²) in [4.78, 5) is 2.30. The van der Waals surface area contributed by atoms with Gasteiger partial charge in [0.15, 0.2) is 0 Å². The number of aromatic nitrogens is 2. The van der Waals surface area contributed by atoms with E-state index in [9.17, 15) is 0 Å². The van der Waals surface area contributed by atoms with Gasteiger partial charge in [-0.3, -0.25) is 5.10 Å². The summed E-state index contributed by atoms with van der Waals surface area (Å²) >= 11 is 0. The molecule has 1 aliphatic heterocycles. The number of para-hydroxylation sites is 2. The average molecular weight is 363 g/mol. The van der Waals surface area contributed by atoms with Crippen LogP contribution >= 0.6 is 0 Å². The van der Waals surface area contributed by atoms with E-state index in [1.165, 1.54) is 0 Å². The lowest BCUT2D eigenvalue weighted by Gasteiger charge is -2.36. The molecule has 2 heterocycles. The second-order valence-corrected chi connectivity index (χ2v) is 6.87. The molecule has 0 bridgehead atoms. The number of hydrogen-bond acceptors (Lipinski definition) is 5. The number of nitrogens with one attached hydrogen (secondary N) is 3. The molecule has 0 amide bonds. The predicted octanol–water partition coefficient (Wildman–Crippen LogP) is 4.03. The molecule has 0 radical (unpaired) electrons. The summed E-state index contributed by atoms with van der Waals surface area (Å²) in [5.41, 5.74) is 3.12. The number of rotatable bonds is 6. The average Bonchev–Trinajstić information content (AvgIpc) is 3.16. The molecule has 1 saturated heterocycles. The van der Waals surface area contributed by atoms with Gasteiger partial charge in [0.05, 0.1) is 30.3 Å². The Morgan fingerprint density at radius 1 is 1.30 bits per heavy atom. The van der Waals surface area contributed by atoms with E-state index in [2.05, 4.69) is 50.5 Å². The predicted molar refractivity (Wildman–Crippen MR) is 110 cm³/mol. The van der Waals surface area contributed by atoms with Gasteiger partial charge in [-0.15, -0.1) is 0 Å². The van der Waals surface area contributed by atoms with Gasteiger partial charge in [0, 0.05) is 30.2 Å². The minimum Gasteiger partial charge on any atom is -0.495 e. The smallest absolute Gasteiger partial charge is 0.142 e. The zero-order valence-corrected chi connectivity index (χ0v) is 15.5. The van der Waals surface area contributed by atoms with Crippen LogP contribution in [0.15, 0.2) is 61.1 Å². The van der Waals surface area contributed by atoms with Crippen LogP contribution in [-0.4, -0.2) is 41.3 Å². The third-order valence-electron chi connectivity index (χ3n) is 5.00. The maximum atomic E-state index is 5.42. The summed E-state index contributed by atoms with van der Waals surface area (Å²) in [6.07, 6.45) is 4.12. The van der Waals surface area contributed by atoms with Gasteiger partial charge in [0.1, 0.15) is 5.75 Å². The molecule has 6 nitrogen and oxygen atoms in total. The Hall–Kier alpha value is -3.15. The second-order valence-electron chi connectivity index (χ2n) is 6.87. The van der Waals surface area contributed by atoms with Gasteiger partial charge in [-0.05, 0) is 43.2 Å². The molecular formula is C21H25N5O. The van der Waals surface area contributed by atoms with Crippen molar-refractivity contribution >= 4 is 22.3 Å². The molecule has 0 saturated carbocycles. The van der Waals surface area contributed by atoms with Gasteiger partial charge in [-0.25, -0.2) is 0 Å². The molecule has 0 aliphatic carbocycles. The Morgan fingerprint density at radius 2 is 2.19 bits per heavy atom. The van der Waals surface area contributed by atoms with Crippen LogP contribution in [0.3, 0.4) is 0 Å². The summed E-state index contributed by atoms with van der Waals surface area (Å²) in [5.74, 6) is 1.72. The first-order valence-corrected chi connectivity index (χ1v) is 9.26. The van der Waals surface area contributed by atoms with Gasteiger partial charge < -0.3 is 20.3 Å². The topological polar surface area (TPSA) is 65.2 Å². The number of nitrogens with zero attached hydrogens (tertiary/aromatic N) is 2. The summed E-state index contributed by atoms with van der Waals surface area (Å²) in [6.45, 7) is 6.15. The number of hydrogen-bond donors (Lipinski definition) is 3. The highest BCUT2D eigenvalue weighted by molar-refractivity contribution is 5.81. The number of benzene rings is 2. The first-order chi connectivity index (χ1) is 13.2. The van der Waals surface area contributed by atoms with Crippen molar-refractivity contribution in [1.82, 2.24) is 15.1 Å². The van der Waals surface area contributed by atoms with Gasteiger partial charge in [-0.2, -0.15) is 5.10 Å². The van der Waals surface area contributed by atoms with Gasteiger partial charge in [0.25, 0.3) is 0 Å². The van der Waals surface area contributed by atoms with Crippen LogP contribution in [0, 0.1) is 0 Å². The Labute approximate surface area is 159 Å². The Bertz CT molecular complexity index is 935. The molecule has 3 N–H and O–H groups in total. The summed E-state index contributed by atoms with van der Waals surface area (Å²) < 4.78 is 5.42. The number of fused-ring (bicyclic) bond motifs is 1. The molecule has 27 heavy (non-hydrogen) atoms. The zero-order chi connectivity index (χ0) is 18.6. The van der Waals surface area contributed by atoms with Crippen molar-refractivity contribution in [2.75, 3.05) is 30.8 Å². The lowest BCUT2D eigenvalue weighted by atomic mass is 10.1. The fraction of sp³-hybridized carbons (Fsp3) is 0.286. The third-order valence-corrected chi connectivity index (χ3v) is 5.00. The van der Waals surface area contributed by atoms with Crippen LogP contribution in [0.4, 0.5) is 11.4 Å². The minimum atomic E-state index is 0.374. The highest BCUT2D eigenvalue weighted by atomic mass is 16.5. The van der Waals surface area contributed by atoms with Crippen molar-refractivity contribution in [3.05, 3.63) is 61.1 Å². The number of ether oxygens (including phenoxy) is 1. The van der Waals surface area contributed by atoms with E-state index in [1.807, 2.05) is 30.5 Å². The van der Waals surface area contributed by atoms with E-state index in [1.54, 1.807) is 7.11 Å². The molecule has 1 aromatic heterocycles. The van der Waals surface area contributed by atoms with Crippen LogP contribution in [0.25, 0.3) is 10.9 Å². The minimum absolute atomic E-state index is 0.374. The number of anilines is 2. The van der Waals surface area contributed by atoms with Gasteiger partial charge >= 0.3 is 0 Å². The van der Waals surface area contributed by atoms with Crippen molar-refractivity contribution < 1.29 is 4.74 Å². The van der Waals surface area contributed by atoms with E-state index < -0.39 is 0 Å².